The average Bonchev–Trinajstić information content (AvgIpc) is 2.57. The standard InChI is InChI=1S/C12H14BF3O2/c1-11(2)8-17-13(18-11)7-9-3-5-10(6-4-9)12(14,15)16/h3-6H,7-8H2,1-2H3. The van der Waals surface area contributed by atoms with Crippen LogP contribution in [0.1, 0.15) is 25.0 Å². The Morgan fingerprint density at radius 2 is 1.83 bits per heavy atom. The normalized spacial score (nSPS) is 19.3. The van der Waals surface area contributed by atoms with E-state index in [0.29, 0.717) is 12.9 Å². The van der Waals surface area contributed by atoms with Gasteiger partial charge >= 0.3 is 13.3 Å². The highest BCUT2D eigenvalue weighted by Crippen LogP contribution is 2.29. The van der Waals surface area contributed by atoms with Gasteiger partial charge < -0.3 is 9.31 Å². The molecule has 0 N–H and O–H groups in total. The van der Waals surface area contributed by atoms with Crippen molar-refractivity contribution >= 4 is 7.12 Å². The molecule has 1 heterocycles. The Bertz CT molecular complexity index is 414. The highest BCUT2D eigenvalue weighted by Gasteiger charge is 2.36. The number of alkyl halides is 3. The van der Waals surface area contributed by atoms with Crippen LogP contribution in [-0.4, -0.2) is 19.3 Å². The Balaban J connectivity index is 1.99. The minimum atomic E-state index is -4.29. The Morgan fingerprint density at radius 1 is 1.22 bits per heavy atom. The molecule has 0 spiro atoms. The van der Waals surface area contributed by atoms with E-state index in [9.17, 15) is 13.2 Å². The van der Waals surface area contributed by atoms with Crippen molar-refractivity contribution in [3.8, 4) is 0 Å². The summed E-state index contributed by atoms with van der Waals surface area (Å²) in [5.41, 5.74) is -0.193. The largest absolute Gasteiger partial charge is 0.462 e. The molecule has 2 nitrogen and oxygen atoms in total. The van der Waals surface area contributed by atoms with Crippen molar-refractivity contribution in [2.24, 2.45) is 0 Å². The van der Waals surface area contributed by atoms with Crippen LogP contribution in [0.4, 0.5) is 13.2 Å². The third kappa shape index (κ3) is 3.26. The molecular formula is C12H14BF3O2. The molecule has 0 unspecified atom stereocenters. The van der Waals surface area contributed by atoms with Crippen molar-refractivity contribution < 1.29 is 22.5 Å². The molecule has 1 aromatic rings. The van der Waals surface area contributed by atoms with Gasteiger partial charge in [-0.25, -0.2) is 0 Å². The van der Waals surface area contributed by atoms with Crippen LogP contribution < -0.4 is 0 Å². The molecule has 98 valence electrons. The second kappa shape index (κ2) is 4.59. The maximum atomic E-state index is 12.4. The van der Waals surface area contributed by atoms with Crippen molar-refractivity contribution in [3.63, 3.8) is 0 Å². The lowest BCUT2D eigenvalue weighted by Crippen LogP contribution is -2.26. The predicted octanol–water partition coefficient (Wildman–Crippen LogP) is 3.10. The first kappa shape index (κ1) is 13.4. The maximum Gasteiger partial charge on any atom is 0.462 e. The highest BCUT2D eigenvalue weighted by atomic mass is 19.4. The van der Waals surface area contributed by atoms with Crippen LogP contribution >= 0.6 is 0 Å². The summed E-state index contributed by atoms with van der Waals surface area (Å²) in [6.07, 6.45) is -3.83. The second-order valence-electron chi connectivity index (χ2n) is 5.02. The van der Waals surface area contributed by atoms with Gasteiger partial charge in [-0.3, -0.25) is 0 Å². The van der Waals surface area contributed by atoms with Gasteiger partial charge in [0.25, 0.3) is 0 Å². The van der Waals surface area contributed by atoms with Crippen molar-refractivity contribution in [2.45, 2.75) is 31.9 Å². The molecule has 0 amide bonds. The third-order valence-electron chi connectivity index (χ3n) is 2.75. The fourth-order valence-corrected chi connectivity index (χ4v) is 1.84. The first-order valence-electron chi connectivity index (χ1n) is 5.72. The maximum absolute atomic E-state index is 12.4. The number of hydrogen-bond acceptors (Lipinski definition) is 2. The van der Waals surface area contributed by atoms with Gasteiger partial charge in [0.1, 0.15) is 0 Å². The van der Waals surface area contributed by atoms with E-state index < -0.39 is 11.7 Å². The van der Waals surface area contributed by atoms with E-state index in [2.05, 4.69) is 0 Å². The van der Waals surface area contributed by atoms with Crippen LogP contribution in [-0.2, 0) is 21.8 Å². The molecule has 1 aliphatic heterocycles. The van der Waals surface area contributed by atoms with E-state index in [1.165, 1.54) is 12.1 Å². The van der Waals surface area contributed by atoms with Gasteiger partial charge in [-0.15, -0.1) is 0 Å². The first-order valence-corrected chi connectivity index (χ1v) is 5.72. The average molecular weight is 258 g/mol. The van der Waals surface area contributed by atoms with E-state index >= 15 is 0 Å². The monoisotopic (exact) mass is 258 g/mol. The number of hydrogen-bond donors (Lipinski definition) is 0. The Labute approximate surface area is 104 Å². The summed E-state index contributed by atoms with van der Waals surface area (Å²) in [5.74, 6) is 0. The Hall–Kier alpha value is -1.01. The minimum Gasteiger partial charge on any atom is -0.408 e. The van der Waals surface area contributed by atoms with Crippen molar-refractivity contribution in [1.29, 1.82) is 0 Å². The summed E-state index contributed by atoms with van der Waals surface area (Å²) in [7, 11) is -0.378. The molecular weight excluding hydrogens is 244 g/mol. The van der Waals surface area contributed by atoms with Gasteiger partial charge in [0.2, 0.25) is 0 Å². The number of halogens is 3. The smallest absolute Gasteiger partial charge is 0.408 e. The SMILES string of the molecule is CC1(C)COB(Cc2ccc(C(F)(F)F)cc2)O1. The van der Waals surface area contributed by atoms with Crippen LogP contribution in [0.15, 0.2) is 24.3 Å². The zero-order chi connectivity index (χ0) is 13.4. The minimum absolute atomic E-state index is 0.323. The summed E-state index contributed by atoms with van der Waals surface area (Å²) in [5, 5.41) is 0. The third-order valence-corrected chi connectivity index (χ3v) is 2.75. The van der Waals surface area contributed by atoms with E-state index in [1.54, 1.807) is 0 Å². The molecule has 0 aromatic heterocycles. The lowest BCUT2D eigenvalue weighted by atomic mass is 9.81. The van der Waals surface area contributed by atoms with E-state index in [1.807, 2.05) is 13.8 Å². The molecule has 1 saturated heterocycles. The molecule has 18 heavy (non-hydrogen) atoms. The molecule has 0 atom stereocenters. The zero-order valence-electron chi connectivity index (χ0n) is 10.3. The summed E-state index contributed by atoms with van der Waals surface area (Å²) < 4.78 is 48.2. The molecule has 1 aromatic carbocycles. The molecule has 6 heteroatoms. The van der Waals surface area contributed by atoms with Crippen LogP contribution in [0.3, 0.4) is 0 Å². The summed E-state index contributed by atoms with van der Waals surface area (Å²) in [4.78, 5) is 0. The van der Waals surface area contributed by atoms with Gasteiger partial charge in [0, 0.05) is 6.32 Å². The molecule has 1 aliphatic rings. The van der Waals surface area contributed by atoms with Crippen LogP contribution in [0.25, 0.3) is 0 Å². The van der Waals surface area contributed by atoms with Gasteiger partial charge in [-0.05, 0) is 31.5 Å². The fraction of sp³-hybridized carbons (Fsp3) is 0.500. The topological polar surface area (TPSA) is 18.5 Å². The van der Waals surface area contributed by atoms with E-state index in [4.69, 9.17) is 9.31 Å². The summed E-state index contributed by atoms with van der Waals surface area (Å²) in [6, 6.07) is 5.08. The molecule has 2 rings (SSSR count). The van der Waals surface area contributed by atoms with Crippen LogP contribution in [0.5, 0.6) is 0 Å². The van der Waals surface area contributed by atoms with Crippen LogP contribution in [0.2, 0.25) is 0 Å². The summed E-state index contributed by atoms with van der Waals surface area (Å²) in [6.45, 7) is 4.33. The Kier molecular flexibility index (Phi) is 3.42. The van der Waals surface area contributed by atoms with Crippen LogP contribution in [0, 0.1) is 0 Å². The predicted molar refractivity (Wildman–Crippen MR) is 62.0 cm³/mol. The lowest BCUT2D eigenvalue weighted by Gasteiger charge is -2.15. The summed E-state index contributed by atoms with van der Waals surface area (Å²) >= 11 is 0. The van der Waals surface area contributed by atoms with Gasteiger partial charge in [0.15, 0.2) is 0 Å². The molecule has 0 saturated carbocycles. The molecule has 0 radical (unpaired) electrons. The van der Waals surface area contributed by atoms with Crippen molar-refractivity contribution in [3.05, 3.63) is 35.4 Å². The van der Waals surface area contributed by atoms with Gasteiger partial charge in [-0.1, -0.05) is 12.1 Å². The molecule has 0 aliphatic carbocycles. The molecule has 0 bridgehead atoms. The first-order chi connectivity index (χ1) is 8.26. The van der Waals surface area contributed by atoms with E-state index in [-0.39, 0.29) is 12.7 Å². The highest BCUT2D eigenvalue weighted by molar-refractivity contribution is 6.44. The zero-order valence-corrected chi connectivity index (χ0v) is 10.3. The van der Waals surface area contributed by atoms with Crippen molar-refractivity contribution in [1.82, 2.24) is 0 Å². The van der Waals surface area contributed by atoms with Gasteiger partial charge in [-0.2, -0.15) is 13.2 Å². The second-order valence-corrected chi connectivity index (χ2v) is 5.02. The fourth-order valence-electron chi connectivity index (χ4n) is 1.84. The Morgan fingerprint density at radius 3 is 2.28 bits per heavy atom. The number of rotatable bonds is 2. The quantitative estimate of drug-likeness (QED) is 0.759. The molecule has 1 fully saturated rings. The lowest BCUT2D eigenvalue weighted by molar-refractivity contribution is -0.137. The van der Waals surface area contributed by atoms with E-state index in [0.717, 1.165) is 17.7 Å². The van der Waals surface area contributed by atoms with Gasteiger partial charge in [0.05, 0.1) is 17.8 Å². The van der Waals surface area contributed by atoms with Crippen molar-refractivity contribution in [2.75, 3.05) is 6.61 Å². The number of benzene rings is 1.